The highest BCUT2D eigenvalue weighted by Crippen LogP contribution is 2.07. The number of aliphatic hydroxyl groups excluding tert-OH is 1. The molecule has 0 aromatic carbocycles. The number of likely N-dealkylation sites (tertiary alicyclic amines) is 1. The summed E-state index contributed by atoms with van der Waals surface area (Å²) in [4.78, 5) is 11.4. The van der Waals surface area contributed by atoms with Gasteiger partial charge in [0.15, 0.2) is 0 Å². The lowest BCUT2D eigenvalue weighted by molar-refractivity contribution is 0.138. The van der Waals surface area contributed by atoms with Gasteiger partial charge in [0.1, 0.15) is 0 Å². The summed E-state index contributed by atoms with van der Waals surface area (Å²) in [5, 5.41) is 17.4. The van der Waals surface area contributed by atoms with E-state index in [1.165, 1.54) is 0 Å². The number of aliphatic hydroxyl groups is 1. The Labute approximate surface area is 58.0 Å². The van der Waals surface area contributed by atoms with E-state index in [1.807, 2.05) is 0 Å². The number of nitrogens with zero attached hydrogens (tertiary/aromatic N) is 1. The first kappa shape index (κ1) is 7.30. The molecule has 1 unspecified atom stereocenters. The van der Waals surface area contributed by atoms with Gasteiger partial charge in [0, 0.05) is 6.54 Å². The van der Waals surface area contributed by atoms with Crippen molar-refractivity contribution in [3.63, 3.8) is 0 Å². The number of β-amino-alcohol motifs (C(OH)–C–C–N with tert-alkyl or cyclic N) is 1. The van der Waals surface area contributed by atoms with Crippen LogP contribution >= 0.6 is 0 Å². The van der Waals surface area contributed by atoms with Crippen molar-refractivity contribution >= 4 is 6.09 Å². The first-order valence-electron chi connectivity index (χ1n) is 3.03. The molecule has 4 N–H and O–H groups in total. The highest BCUT2D eigenvalue weighted by Gasteiger charge is 2.30. The van der Waals surface area contributed by atoms with Crippen molar-refractivity contribution in [2.75, 3.05) is 13.1 Å². The summed E-state index contributed by atoms with van der Waals surface area (Å²) in [7, 11) is 0. The average Bonchev–Trinajstić information content (AvgIpc) is 2.13. The van der Waals surface area contributed by atoms with Crippen LogP contribution in [0.5, 0.6) is 0 Å². The van der Waals surface area contributed by atoms with Crippen LogP contribution in [0.25, 0.3) is 0 Å². The predicted octanol–water partition coefficient (Wildman–Crippen LogP) is -1.33. The molecule has 0 spiro atoms. The Balaban J connectivity index is 2.49. The van der Waals surface area contributed by atoms with Gasteiger partial charge in [-0.2, -0.15) is 0 Å². The molecule has 1 saturated heterocycles. The van der Waals surface area contributed by atoms with E-state index in [4.69, 9.17) is 15.9 Å². The number of carboxylic acid groups (broad SMARTS) is 1. The van der Waals surface area contributed by atoms with Crippen molar-refractivity contribution in [1.29, 1.82) is 0 Å². The maximum absolute atomic E-state index is 10.3. The number of amides is 1. The van der Waals surface area contributed by atoms with Gasteiger partial charge < -0.3 is 20.8 Å². The molecule has 5 nitrogen and oxygen atoms in total. The molecule has 0 aromatic rings. The van der Waals surface area contributed by atoms with Crippen molar-refractivity contribution in [2.45, 2.75) is 12.1 Å². The molecule has 0 saturated carbocycles. The van der Waals surface area contributed by atoms with Crippen molar-refractivity contribution in [3.05, 3.63) is 0 Å². The monoisotopic (exact) mass is 146 g/mol. The summed E-state index contributed by atoms with van der Waals surface area (Å²) in [6.07, 6.45) is -1.72. The highest BCUT2D eigenvalue weighted by atomic mass is 16.4. The molecular weight excluding hydrogens is 136 g/mol. The van der Waals surface area contributed by atoms with Crippen LogP contribution < -0.4 is 5.73 Å². The third kappa shape index (κ3) is 1.19. The summed E-state index contributed by atoms with van der Waals surface area (Å²) in [6, 6.07) is -0.420. The molecule has 1 rings (SSSR count). The van der Waals surface area contributed by atoms with Crippen LogP contribution in [0.2, 0.25) is 0 Å². The van der Waals surface area contributed by atoms with Gasteiger partial charge in [0.05, 0.1) is 18.7 Å². The number of carbonyl (C=O) groups is 1. The summed E-state index contributed by atoms with van der Waals surface area (Å²) in [5.74, 6) is 0. The Kier molecular flexibility index (Phi) is 1.78. The van der Waals surface area contributed by atoms with E-state index in [1.54, 1.807) is 0 Å². The molecule has 0 radical (unpaired) electrons. The van der Waals surface area contributed by atoms with E-state index in [0.717, 1.165) is 4.90 Å². The Morgan fingerprint density at radius 2 is 2.20 bits per heavy atom. The van der Waals surface area contributed by atoms with Gasteiger partial charge in [-0.25, -0.2) is 4.79 Å². The zero-order chi connectivity index (χ0) is 7.72. The number of hydrogen-bond acceptors (Lipinski definition) is 3. The molecule has 1 fully saturated rings. The van der Waals surface area contributed by atoms with E-state index in [0.29, 0.717) is 0 Å². The van der Waals surface area contributed by atoms with E-state index in [9.17, 15) is 4.79 Å². The molecule has 0 bridgehead atoms. The summed E-state index contributed by atoms with van der Waals surface area (Å²) < 4.78 is 0. The normalized spacial score (nSPS) is 32.8. The third-order valence-corrected chi connectivity index (χ3v) is 1.60. The van der Waals surface area contributed by atoms with Crippen LogP contribution in [0.3, 0.4) is 0 Å². The van der Waals surface area contributed by atoms with Crippen LogP contribution in [0.4, 0.5) is 4.79 Å². The van der Waals surface area contributed by atoms with Crippen LogP contribution in [0.15, 0.2) is 0 Å². The summed E-state index contributed by atoms with van der Waals surface area (Å²) in [5.41, 5.74) is 5.35. The number of rotatable bonds is 0. The smallest absolute Gasteiger partial charge is 0.407 e. The quantitative estimate of drug-likeness (QED) is 0.395. The van der Waals surface area contributed by atoms with E-state index in [2.05, 4.69) is 0 Å². The maximum atomic E-state index is 10.3. The van der Waals surface area contributed by atoms with Gasteiger partial charge in [-0.15, -0.1) is 0 Å². The lowest BCUT2D eigenvalue weighted by Crippen LogP contribution is -2.33. The summed E-state index contributed by atoms with van der Waals surface area (Å²) in [6.45, 7) is 0.368. The third-order valence-electron chi connectivity index (χ3n) is 1.60. The largest absolute Gasteiger partial charge is 0.465 e. The fourth-order valence-corrected chi connectivity index (χ4v) is 0.968. The first-order chi connectivity index (χ1) is 4.61. The van der Waals surface area contributed by atoms with Crippen LogP contribution in [0, 0.1) is 0 Å². The van der Waals surface area contributed by atoms with Crippen LogP contribution in [0.1, 0.15) is 0 Å². The van der Waals surface area contributed by atoms with Crippen molar-refractivity contribution in [1.82, 2.24) is 4.90 Å². The maximum Gasteiger partial charge on any atom is 0.407 e. The number of hydrogen-bond donors (Lipinski definition) is 3. The van der Waals surface area contributed by atoms with Crippen molar-refractivity contribution in [2.24, 2.45) is 5.73 Å². The minimum atomic E-state index is -1.02. The van der Waals surface area contributed by atoms with Gasteiger partial charge in [0.25, 0.3) is 0 Å². The second kappa shape index (κ2) is 2.43. The zero-order valence-electron chi connectivity index (χ0n) is 5.40. The number of nitrogens with two attached hydrogens (primary N) is 1. The summed E-state index contributed by atoms with van der Waals surface area (Å²) >= 11 is 0. The van der Waals surface area contributed by atoms with E-state index >= 15 is 0 Å². The molecule has 2 atom stereocenters. The second-order valence-electron chi connectivity index (χ2n) is 2.42. The highest BCUT2D eigenvalue weighted by molar-refractivity contribution is 5.65. The molecule has 10 heavy (non-hydrogen) atoms. The Bertz CT molecular complexity index is 140. The Morgan fingerprint density at radius 1 is 1.60 bits per heavy atom. The lowest BCUT2D eigenvalue weighted by Gasteiger charge is -2.08. The molecule has 1 heterocycles. The Morgan fingerprint density at radius 3 is 2.40 bits per heavy atom. The predicted molar refractivity (Wildman–Crippen MR) is 33.6 cm³/mol. The molecule has 1 amide bonds. The van der Waals surface area contributed by atoms with E-state index < -0.39 is 18.2 Å². The average molecular weight is 146 g/mol. The molecule has 58 valence electrons. The lowest BCUT2D eigenvalue weighted by atomic mass is 10.2. The van der Waals surface area contributed by atoms with Gasteiger partial charge in [-0.1, -0.05) is 0 Å². The fourth-order valence-electron chi connectivity index (χ4n) is 0.968. The minimum Gasteiger partial charge on any atom is -0.465 e. The first-order valence-corrected chi connectivity index (χ1v) is 3.03. The van der Waals surface area contributed by atoms with E-state index in [-0.39, 0.29) is 13.1 Å². The SMILES string of the molecule is NC1CN(C(=O)O)C[C@@H]1O. The topological polar surface area (TPSA) is 86.8 Å². The second-order valence-corrected chi connectivity index (χ2v) is 2.42. The molecule has 0 aromatic heterocycles. The van der Waals surface area contributed by atoms with Crippen molar-refractivity contribution < 1.29 is 15.0 Å². The molecule has 1 aliphatic heterocycles. The van der Waals surface area contributed by atoms with Gasteiger partial charge in [-0.05, 0) is 0 Å². The molecule has 5 heteroatoms. The zero-order valence-corrected chi connectivity index (χ0v) is 5.40. The Hall–Kier alpha value is -0.810. The molecule has 0 aliphatic carbocycles. The van der Waals surface area contributed by atoms with Crippen molar-refractivity contribution in [3.8, 4) is 0 Å². The van der Waals surface area contributed by atoms with Gasteiger partial charge in [-0.3, -0.25) is 0 Å². The standard InChI is InChI=1S/C5H10N2O3/c6-3-1-7(5(9)10)2-4(3)8/h3-4,8H,1-2,6H2,(H,9,10)/t3?,4-/m0/s1. The fraction of sp³-hybridized carbons (Fsp3) is 0.800. The van der Waals surface area contributed by atoms with Crippen LogP contribution in [-0.4, -0.2) is 46.4 Å². The van der Waals surface area contributed by atoms with Gasteiger partial charge >= 0.3 is 6.09 Å². The molecule has 1 aliphatic rings. The van der Waals surface area contributed by atoms with Gasteiger partial charge in [0.2, 0.25) is 0 Å². The minimum absolute atomic E-state index is 0.135. The molecular formula is C5H10N2O3. The van der Waals surface area contributed by atoms with Crippen LogP contribution in [-0.2, 0) is 0 Å².